The lowest BCUT2D eigenvalue weighted by atomic mass is 10.0. The van der Waals surface area contributed by atoms with Gasteiger partial charge in [0.1, 0.15) is 5.82 Å². The van der Waals surface area contributed by atoms with Crippen LogP contribution in [-0.2, 0) is 10.0 Å². The number of hydrogen-bond acceptors (Lipinski definition) is 4. The first-order chi connectivity index (χ1) is 8.13. The van der Waals surface area contributed by atoms with Crippen LogP contribution in [0.4, 0.5) is 10.1 Å². The first-order valence-electron chi connectivity index (χ1n) is 5.10. The molecule has 0 aromatic heterocycles. The largest absolute Gasteiger partial charge is 0.396 e. The lowest BCUT2D eigenvalue weighted by Crippen LogP contribution is -2.61. The summed E-state index contributed by atoms with van der Waals surface area (Å²) < 4.78 is 38.8. The van der Waals surface area contributed by atoms with E-state index in [0.717, 1.165) is 16.4 Å². The Bertz CT molecular complexity index is 595. The number of anilines is 1. The summed E-state index contributed by atoms with van der Waals surface area (Å²) in [6, 6.07) is 2.09. The second kappa shape index (κ2) is 4.16. The van der Waals surface area contributed by atoms with Crippen LogP contribution in [0.25, 0.3) is 0 Å². The third kappa shape index (κ3) is 2.25. The van der Waals surface area contributed by atoms with E-state index in [2.05, 4.69) is 15.9 Å². The first kappa shape index (κ1) is 13.7. The Hall–Kier alpha value is -0.700. The Morgan fingerprint density at radius 3 is 2.56 bits per heavy atom. The third-order valence-electron chi connectivity index (χ3n) is 2.70. The van der Waals surface area contributed by atoms with Crippen LogP contribution >= 0.6 is 15.9 Å². The van der Waals surface area contributed by atoms with Crippen molar-refractivity contribution in [1.82, 2.24) is 4.31 Å². The number of nitrogens with two attached hydrogens (primary N) is 1. The molecule has 5 nitrogen and oxygen atoms in total. The summed E-state index contributed by atoms with van der Waals surface area (Å²) in [4.78, 5) is -0.100. The molecule has 1 aliphatic heterocycles. The number of nitrogen functional groups attached to an aromatic ring is 1. The molecule has 1 aromatic rings. The summed E-state index contributed by atoms with van der Waals surface area (Å²) >= 11 is 3.00. The molecule has 100 valence electrons. The van der Waals surface area contributed by atoms with Crippen LogP contribution in [0.1, 0.15) is 6.92 Å². The van der Waals surface area contributed by atoms with Gasteiger partial charge in [-0.15, -0.1) is 0 Å². The molecule has 1 aliphatic rings. The molecule has 0 bridgehead atoms. The molecule has 0 saturated carbocycles. The van der Waals surface area contributed by atoms with Crippen LogP contribution in [0.5, 0.6) is 0 Å². The molecule has 1 fully saturated rings. The van der Waals surface area contributed by atoms with Crippen LogP contribution in [-0.4, -0.2) is 36.5 Å². The Balaban J connectivity index is 2.40. The Morgan fingerprint density at radius 1 is 1.50 bits per heavy atom. The number of nitrogens with zero attached hydrogens (tertiary/aromatic N) is 1. The highest BCUT2D eigenvalue weighted by molar-refractivity contribution is 9.10. The maximum atomic E-state index is 13.2. The molecule has 0 amide bonds. The van der Waals surface area contributed by atoms with Gasteiger partial charge in [-0.2, -0.15) is 4.31 Å². The van der Waals surface area contributed by atoms with Crippen molar-refractivity contribution in [3.63, 3.8) is 0 Å². The quantitative estimate of drug-likeness (QED) is 0.785. The van der Waals surface area contributed by atoms with Gasteiger partial charge in [0.2, 0.25) is 10.0 Å². The second-order valence-corrected chi connectivity index (χ2v) is 7.33. The summed E-state index contributed by atoms with van der Waals surface area (Å²) in [6.07, 6.45) is 0. The van der Waals surface area contributed by atoms with E-state index in [4.69, 9.17) is 5.73 Å². The molecule has 1 heterocycles. The predicted molar refractivity (Wildman–Crippen MR) is 67.9 cm³/mol. The van der Waals surface area contributed by atoms with Crippen LogP contribution in [0.3, 0.4) is 0 Å². The second-order valence-electron chi connectivity index (χ2n) is 4.57. The summed E-state index contributed by atoms with van der Waals surface area (Å²) in [5.74, 6) is -0.684. The molecule has 0 unspecified atom stereocenters. The van der Waals surface area contributed by atoms with Gasteiger partial charge in [0.25, 0.3) is 0 Å². The fourth-order valence-electron chi connectivity index (χ4n) is 1.77. The van der Waals surface area contributed by atoms with Crippen molar-refractivity contribution in [2.45, 2.75) is 17.4 Å². The fourth-order valence-corrected chi connectivity index (χ4v) is 4.45. The predicted octanol–water partition coefficient (Wildman–Crippen LogP) is 0.926. The molecule has 0 aliphatic carbocycles. The Morgan fingerprint density at radius 2 is 2.06 bits per heavy atom. The maximum absolute atomic E-state index is 13.2. The molecular weight excluding hydrogens is 327 g/mol. The average Bonchev–Trinajstić information content (AvgIpc) is 2.19. The first-order valence-corrected chi connectivity index (χ1v) is 7.34. The van der Waals surface area contributed by atoms with E-state index in [1.807, 2.05) is 0 Å². The van der Waals surface area contributed by atoms with E-state index >= 15 is 0 Å². The Kier molecular flexibility index (Phi) is 3.17. The molecule has 0 atom stereocenters. The van der Waals surface area contributed by atoms with Crippen LogP contribution in [0.2, 0.25) is 0 Å². The van der Waals surface area contributed by atoms with Gasteiger partial charge >= 0.3 is 0 Å². The fraction of sp³-hybridized carbons (Fsp3) is 0.400. The molecule has 8 heteroatoms. The highest BCUT2D eigenvalue weighted by atomic mass is 79.9. The monoisotopic (exact) mass is 338 g/mol. The standard InChI is InChI=1S/C10H12BrFN2O3S/c1-10(15)4-14(5-10)18(16,17)9-3-8(13)7(12)2-6(9)11/h2-3,15H,4-5,13H2,1H3. The summed E-state index contributed by atoms with van der Waals surface area (Å²) in [7, 11) is -3.76. The van der Waals surface area contributed by atoms with Gasteiger partial charge < -0.3 is 10.8 Å². The minimum atomic E-state index is -3.76. The topological polar surface area (TPSA) is 83.6 Å². The van der Waals surface area contributed by atoms with E-state index in [1.165, 1.54) is 0 Å². The SMILES string of the molecule is CC1(O)CN(S(=O)(=O)c2cc(N)c(F)cc2Br)C1. The van der Waals surface area contributed by atoms with Gasteiger partial charge in [-0.05, 0) is 35.0 Å². The zero-order valence-corrected chi connectivity index (χ0v) is 11.9. The number of rotatable bonds is 2. The normalized spacial score (nSPS) is 19.6. The Labute approximate surface area is 113 Å². The van der Waals surface area contributed by atoms with Crippen molar-refractivity contribution >= 4 is 31.6 Å². The van der Waals surface area contributed by atoms with E-state index in [-0.39, 0.29) is 28.1 Å². The van der Waals surface area contributed by atoms with Gasteiger partial charge in [-0.25, -0.2) is 12.8 Å². The molecule has 18 heavy (non-hydrogen) atoms. The van der Waals surface area contributed by atoms with Gasteiger partial charge in [-0.1, -0.05) is 0 Å². The van der Waals surface area contributed by atoms with Gasteiger partial charge in [0.05, 0.1) is 16.2 Å². The molecule has 0 spiro atoms. The van der Waals surface area contributed by atoms with Crippen LogP contribution in [0.15, 0.2) is 21.5 Å². The van der Waals surface area contributed by atoms with Crippen LogP contribution < -0.4 is 5.73 Å². The number of aliphatic hydroxyl groups is 1. The van der Waals surface area contributed by atoms with E-state index in [0.29, 0.717) is 0 Å². The van der Waals surface area contributed by atoms with Gasteiger partial charge in [-0.3, -0.25) is 0 Å². The number of hydrogen-bond donors (Lipinski definition) is 2. The van der Waals surface area contributed by atoms with Crippen molar-refractivity contribution in [2.24, 2.45) is 0 Å². The molecule has 3 N–H and O–H groups in total. The van der Waals surface area contributed by atoms with Gasteiger partial charge in [0.15, 0.2) is 0 Å². The number of benzene rings is 1. The van der Waals surface area contributed by atoms with Crippen LogP contribution in [0, 0.1) is 5.82 Å². The zero-order valence-electron chi connectivity index (χ0n) is 9.52. The highest BCUT2D eigenvalue weighted by Gasteiger charge is 2.44. The minimum Gasteiger partial charge on any atom is -0.396 e. The van der Waals surface area contributed by atoms with Crippen molar-refractivity contribution in [1.29, 1.82) is 0 Å². The summed E-state index contributed by atoms with van der Waals surface area (Å²) in [6.45, 7) is 1.57. The van der Waals surface area contributed by atoms with Crippen molar-refractivity contribution in [2.75, 3.05) is 18.8 Å². The smallest absolute Gasteiger partial charge is 0.244 e. The maximum Gasteiger partial charge on any atom is 0.244 e. The minimum absolute atomic E-state index is 0.0130. The molecule has 0 radical (unpaired) electrons. The molecule has 1 saturated heterocycles. The average molecular weight is 339 g/mol. The third-order valence-corrected chi connectivity index (χ3v) is 5.45. The summed E-state index contributed by atoms with van der Waals surface area (Å²) in [5, 5.41) is 9.56. The number of β-amino-alcohol motifs (C(OH)–C–C–N with tert-alkyl or cyclic N) is 1. The zero-order chi connectivity index (χ0) is 13.7. The van der Waals surface area contributed by atoms with E-state index < -0.39 is 21.4 Å². The molecule has 2 rings (SSSR count). The lowest BCUT2D eigenvalue weighted by Gasteiger charge is -2.42. The number of halogens is 2. The van der Waals surface area contributed by atoms with E-state index in [1.54, 1.807) is 6.92 Å². The van der Waals surface area contributed by atoms with Crippen molar-refractivity contribution in [3.8, 4) is 0 Å². The molecular formula is C10H12BrFN2O3S. The van der Waals surface area contributed by atoms with E-state index in [9.17, 15) is 17.9 Å². The van der Waals surface area contributed by atoms with Crippen molar-refractivity contribution < 1.29 is 17.9 Å². The van der Waals surface area contributed by atoms with Crippen molar-refractivity contribution in [3.05, 3.63) is 22.4 Å². The summed E-state index contributed by atoms with van der Waals surface area (Å²) in [5.41, 5.74) is 4.13. The molecule has 1 aromatic carbocycles. The number of sulfonamides is 1. The lowest BCUT2D eigenvalue weighted by molar-refractivity contribution is -0.0426. The van der Waals surface area contributed by atoms with Gasteiger partial charge in [0, 0.05) is 17.6 Å². The highest BCUT2D eigenvalue weighted by Crippen LogP contribution is 2.33.